The van der Waals surface area contributed by atoms with E-state index in [1.807, 2.05) is 6.92 Å². The van der Waals surface area contributed by atoms with Gasteiger partial charge in [-0.05, 0) is 31.1 Å². The third-order valence-corrected chi connectivity index (χ3v) is 7.52. The monoisotopic (exact) mass is 532 g/mol. The van der Waals surface area contributed by atoms with E-state index >= 15 is 0 Å². The minimum absolute atomic E-state index is 0.0636. The van der Waals surface area contributed by atoms with Crippen molar-refractivity contribution in [1.82, 2.24) is 5.32 Å². The summed E-state index contributed by atoms with van der Waals surface area (Å²) in [5.74, 6) is -2.74. The summed E-state index contributed by atoms with van der Waals surface area (Å²) >= 11 is 1.60. The van der Waals surface area contributed by atoms with E-state index < -0.39 is 34.5 Å². The second-order valence-corrected chi connectivity index (χ2v) is 10.3. The molecule has 0 unspecified atom stereocenters. The van der Waals surface area contributed by atoms with Crippen molar-refractivity contribution in [2.75, 3.05) is 32.0 Å². The number of benzene rings is 1. The topological polar surface area (TPSA) is 143 Å². The molecule has 3 atom stereocenters. The van der Waals surface area contributed by atoms with Gasteiger partial charge in [0.05, 0.1) is 29.6 Å². The molecule has 1 N–H and O–H groups in total. The standard InChI is InChI=1S/C25H28N2O9S/c1-5-37-7-6-34-25(30)20-13(3)26-15-8-12(2)19(24(29)33-4)23(28)22(15)21(20)14-9-17-18(36-11-35-17)10-16(14)27(31)32/h9-10,12,19,21,26H,5-8,11H2,1-4H3/t12-,19+,21+/m1/s1. The van der Waals surface area contributed by atoms with Crippen molar-refractivity contribution in [3.63, 3.8) is 0 Å². The van der Waals surface area contributed by atoms with Crippen molar-refractivity contribution in [2.45, 2.75) is 33.1 Å². The van der Waals surface area contributed by atoms with E-state index in [0.717, 1.165) is 5.75 Å². The number of hydrogen-bond donors (Lipinski definition) is 1. The predicted molar refractivity (Wildman–Crippen MR) is 133 cm³/mol. The number of esters is 2. The Balaban J connectivity index is 1.89. The second kappa shape index (κ2) is 10.8. The fourth-order valence-corrected chi connectivity index (χ4v) is 5.50. The van der Waals surface area contributed by atoms with Crippen LogP contribution < -0.4 is 14.8 Å². The molecule has 4 rings (SSSR count). The molecule has 0 spiro atoms. The molecule has 0 bridgehead atoms. The summed E-state index contributed by atoms with van der Waals surface area (Å²) < 4.78 is 21.2. The first-order valence-corrected chi connectivity index (χ1v) is 13.0. The van der Waals surface area contributed by atoms with Crippen LogP contribution in [0.3, 0.4) is 0 Å². The number of carbonyl (C=O) groups is 3. The summed E-state index contributed by atoms with van der Waals surface area (Å²) in [6, 6.07) is 2.65. The quantitative estimate of drug-likeness (QED) is 0.173. The largest absolute Gasteiger partial charge is 0.468 e. The summed E-state index contributed by atoms with van der Waals surface area (Å²) in [6.07, 6.45) is 0.308. The molecule has 11 nitrogen and oxygen atoms in total. The van der Waals surface area contributed by atoms with Gasteiger partial charge in [0.15, 0.2) is 17.3 Å². The van der Waals surface area contributed by atoms with E-state index in [1.54, 1.807) is 25.6 Å². The lowest BCUT2D eigenvalue weighted by Crippen LogP contribution is -2.43. The number of thioether (sulfide) groups is 1. The molecule has 0 aromatic heterocycles. The van der Waals surface area contributed by atoms with Gasteiger partial charge in [-0.25, -0.2) is 4.79 Å². The van der Waals surface area contributed by atoms with Crippen molar-refractivity contribution in [2.24, 2.45) is 11.8 Å². The number of ether oxygens (including phenoxy) is 4. The van der Waals surface area contributed by atoms with E-state index in [1.165, 1.54) is 19.2 Å². The van der Waals surface area contributed by atoms with Gasteiger partial charge in [0.25, 0.3) is 5.69 Å². The number of ketones is 1. The molecule has 3 aliphatic rings. The molecular weight excluding hydrogens is 504 g/mol. The van der Waals surface area contributed by atoms with Crippen molar-refractivity contribution >= 4 is 35.2 Å². The van der Waals surface area contributed by atoms with Gasteiger partial charge in [0.2, 0.25) is 6.79 Å². The Morgan fingerprint density at radius 2 is 1.97 bits per heavy atom. The number of fused-ring (bicyclic) bond motifs is 1. The second-order valence-electron chi connectivity index (χ2n) is 8.89. The van der Waals surface area contributed by atoms with Gasteiger partial charge < -0.3 is 24.3 Å². The Morgan fingerprint density at radius 3 is 2.62 bits per heavy atom. The highest BCUT2D eigenvalue weighted by Gasteiger charge is 2.49. The van der Waals surface area contributed by atoms with Gasteiger partial charge in [-0.2, -0.15) is 11.8 Å². The SMILES string of the molecule is CCSCCOC(=O)C1=C(C)NC2=C(C(=O)[C@@H](C(=O)OC)[C@H](C)C2)[C@H]1c1cc2c(cc1[N+](=O)[O-])OCO2. The maximum absolute atomic E-state index is 13.8. The van der Waals surface area contributed by atoms with Crippen LogP contribution in [-0.2, 0) is 23.9 Å². The van der Waals surface area contributed by atoms with Crippen LogP contribution in [0.1, 0.15) is 38.7 Å². The third-order valence-electron chi connectivity index (χ3n) is 6.66. The highest BCUT2D eigenvalue weighted by Crippen LogP contribution is 2.50. The molecule has 2 heterocycles. The van der Waals surface area contributed by atoms with Crippen LogP contribution in [0.2, 0.25) is 0 Å². The van der Waals surface area contributed by atoms with Crippen LogP contribution in [0.15, 0.2) is 34.7 Å². The van der Waals surface area contributed by atoms with Gasteiger partial charge in [-0.1, -0.05) is 13.8 Å². The first-order valence-electron chi connectivity index (χ1n) is 11.8. The Morgan fingerprint density at radius 1 is 1.27 bits per heavy atom. The van der Waals surface area contributed by atoms with Crippen LogP contribution in [0.5, 0.6) is 11.5 Å². The number of carbonyl (C=O) groups excluding carboxylic acids is 3. The normalized spacial score (nSPS) is 22.4. The van der Waals surface area contributed by atoms with E-state index in [2.05, 4.69) is 5.32 Å². The molecule has 1 aliphatic carbocycles. The number of methoxy groups -OCH3 is 1. The van der Waals surface area contributed by atoms with Gasteiger partial charge in [0.1, 0.15) is 12.5 Å². The number of Topliss-reactive ketones (excluding diaryl/α,β-unsaturated/α-hetero) is 1. The smallest absolute Gasteiger partial charge is 0.336 e. The first-order chi connectivity index (χ1) is 17.7. The van der Waals surface area contributed by atoms with E-state index in [4.69, 9.17) is 18.9 Å². The van der Waals surface area contributed by atoms with E-state index in [9.17, 15) is 24.5 Å². The molecule has 198 valence electrons. The molecular formula is C25H28N2O9S. The van der Waals surface area contributed by atoms with E-state index in [-0.39, 0.29) is 53.2 Å². The molecule has 0 amide bonds. The average molecular weight is 533 g/mol. The lowest BCUT2D eigenvalue weighted by molar-refractivity contribution is -0.385. The highest BCUT2D eigenvalue weighted by molar-refractivity contribution is 7.99. The Bertz CT molecular complexity index is 1220. The molecule has 0 saturated heterocycles. The van der Waals surface area contributed by atoms with Crippen molar-refractivity contribution < 1.29 is 38.3 Å². The summed E-state index contributed by atoms with van der Waals surface area (Å²) in [5.41, 5.74) is 0.822. The Hall–Kier alpha value is -3.54. The number of rotatable bonds is 8. The molecule has 0 radical (unpaired) electrons. The summed E-state index contributed by atoms with van der Waals surface area (Å²) in [5, 5.41) is 15.3. The lowest BCUT2D eigenvalue weighted by Gasteiger charge is -2.38. The molecule has 0 saturated carbocycles. The number of allylic oxidation sites excluding steroid dienone is 3. The van der Waals surface area contributed by atoms with Gasteiger partial charge in [-0.15, -0.1) is 0 Å². The Kier molecular flexibility index (Phi) is 7.76. The fourth-order valence-electron chi connectivity index (χ4n) is 5.01. The molecule has 1 aromatic rings. The zero-order chi connectivity index (χ0) is 26.9. The third kappa shape index (κ3) is 4.89. The number of nitrogens with one attached hydrogen (secondary N) is 1. The number of nitrogens with zero attached hydrogens (tertiary/aromatic N) is 1. The van der Waals surface area contributed by atoms with Crippen LogP contribution >= 0.6 is 11.8 Å². The van der Waals surface area contributed by atoms with Crippen LogP contribution in [-0.4, -0.2) is 54.7 Å². The molecule has 37 heavy (non-hydrogen) atoms. The van der Waals surface area contributed by atoms with Crippen molar-refractivity contribution in [3.8, 4) is 11.5 Å². The highest BCUT2D eigenvalue weighted by atomic mass is 32.2. The zero-order valence-electron chi connectivity index (χ0n) is 21.0. The zero-order valence-corrected chi connectivity index (χ0v) is 21.8. The summed E-state index contributed by atoms with van der Waals surface area (Å²) in [7, 11) is 1.20. The van der Waals surface area contributed by atoms with Gasteiger partial charge >= 0.3 is 11.9 Å². The van der Waals surface area contributed by atoms with Gasteiger partial charge in [0, 0.05) is 28.3 Å². The molecule has 0 fully saturated rings. The number of nitro benzene ring substituents is 1. The van der Waals surface area contributed by atoms with Crippen LogP contribution in [0.25, 0.3) is 0 Å². The average Bonchev–Trinajstić information content (AvgIpc) is 3.32. The van der Waals surface area contributed by atoms with E-state index in [0.29, 0.717) is 23.6 Å². The maximum Gasteiger partial charge on any atom is 0.336 e. The van der Waals surface area contributed by atoms with Crippen LogP contribution in [0.4, 0.5) is 5.69 Å². The van der Waals surface area contributed by atoms with Crippen LogP contribution in [0, 0.1) is 22.0 Å². The summed E-state index contributed by atoms with van der Waals surface area (Å²) in [4.78, 5) is 51.4. The number of dihydropyridines is 1. The summed E-state index contributed by atoms with van der Waals surface area (Å²) in [6.45, 7) is 5.42. The fraction of sp³-hybridized carbons (Fsp3) is 0.480. The first kappa shape index (κ1) is 26.5. The van der Waals surface area contributed by atoms with Crippen molar-refractivity contribution in [1.29, 1.82) is 0 Å². The Labute approximate surface area is 217 Å². The molecule has 12 heteroatoms. The van der Waals surface area contributed by atoms with Crippen molar-refractivity contribution in [3.05, 3.63) is 50.4 Å². The maximum atomic E-state index is 13.8. The minimum Gasteiger partial charge on any atom is -0.468 e. The molecule has 2 aliphatic heterocycles. The molecule has 1 aromatic carbocycles. The number of hydrogen-bond acceptors (Lipinski definition) is 11. The lowest BCUT2D eigenvalue weighted by atomic mass is 9.69. The minimum atomic E-state index is -1.16. The predicted octanol–water partition coefficient (Wildman–Crippen LogP) is 3.23. The van der Waals surface area contributed by atoms with Gasteiger partial charge in [-0.3, -0.25) is 19.7 Å². The number of nitro groups is 1.